The van der Waals surface area contributed by atoms with Gasteiger partial charge in [0.25, 0.3) is 0 Å². The number of benzene rings is 1. The van der Waals surface area contributed by atoms with Crippen LogP contribution in [0, 0.1) is 23.0 Å². The molecule has 0 radical (unpaired) electrons. The lowest BCUT2D eigenvalue weighted by atomic mass is 10.1. The van der Waals surface area contributed by atoms with E-state index in [0.29, 0.717) is 0 Å². The van der Waals surface area contributed by atoms with E-state index in [1.165, 1.54) is 11.9 Å². The Hall–Kier alpha value is -1.67. The summed E-state index contributed by atoms with van der Waals surface area (Å²) in [6, 6.07) is 3.21. The van der Waals surface area contributed by atoms with Gasteiger partial charge in [-0.15, -0.1) is 0 Å². The van der Waals surface area contributed by atoms with E-state index in [9.17, 15) is 8.78 Å². The summed E-state index contributed by atoms with van der Waals surface area (Å²) in [6.07, 6.45) is 0. The van der Waals surface area contributed by atoms with Gasteiger partial charge < -0.3 is 10.0 Å². The number of hydrogen-bond donors (Lipinski definition) is 1. The molecule has 86 valence electrons. The van der Waals surface area contributed by atoms with Crippen LogP contribution in [0.5, 0.6) is 0 Å². The molecule has 0 aromatic heterocycles. The van der Waals surface area contributed by atoms with Gasteiger partial charge in [0.15, 0.2) is 11.6 Å². The van der Waals surface area contributed by atoms with Crippen LogP contribution in [0.4, 0.5) is 14.5 Å². The van der Waals surface area contributed by atoms with Gasteiger partial charge in [0.2, 0.25) is 0 Å². The molecule has 1 N–H and O–H groups in total. The molecule has 0 aliphatic heterocycles. The monoisotopic (exact) mass is 226 g/mol. The van der Waals surface area contributed by atoms with Gasteiger partial charge >= 0.3 is 0 Å². The van der Waals surface area contributed by atoms with E-state index in [2.05, 4.69) is 0 Å². The van der Waals surface area contributed by atoms with Crippen LogP contribution in [0.25, 0.3) is 0 Å². The number of halogens is 2. The van der Waals surface area contributed by atoms with Gasteiger partial charge in [-0.3, -0.25) is 0 Å². The number of nitriles is 1. The predicted octanol–water partition coefficient (Wildman–Crippen LogP) is 1.65. The van der Waals surface area contributed by atoms with E-state index in [1.807, 2.05) is 0 Å². The number of likely N-dealkylation sites (N-methyl/N-ethyl adjacent to an activating group) is 1. The molecule has 0 bridgehead atoms. The lowest BCUT2D eigenvalue weighted by molar-refractivity contribution is 0.269. The van der Waals surface area contributed by atoms with Gasteiger partial charge in [0.05, 0.1) is 18.2 Å². The second kappa shape index (κ2) is 4.90. The largest absolute Gasteiger partial charge is 0.394 e. The van der Waals surface area contributed by atoms with Crippen molar-refractivity contribution in [1.82, 2.24) is 0 Å². The minimum Gasteiger partial charge on any atom is -0.394 e. The van der Waals surface area contributed by atoms with Crippen LogP contribution in [0.1, 0.15) is 12.5 Å². The lowest BCUT2D eigenvalue weighted by Gasteiger charge is -2.26. The summed E-state index contributed by atoms with van der Waals surface area (Å²) >= 11 is 0. The second-order valence-electron chi connectivity index (χ2n) is 3.54. The molecule has 5 heteroatoms. The van der Waals surface area contributed by atoms with Gasteiger partial charge in [-0.25, -0.2) is 8.78 Å². The molecule has 0 heterocycles. The molecule has 1 aromatic rings. The van der Waals surface area contributed by atoms with Crippen molar-refractivity contribution in [3.05, 3.63) is 29.3 Å². The van der Waals surface area contributed by atoms with Crippen LogP contribution in [-0.4, -0.2) is 24.8 Å². The smallest absolute Gasteiger partial charge is 0.150 e. The number of nitrogens with zero attached hydrogens (tertiary/aromatic N) is 2. The number of hydrogen-bond acceptors (Lipinski definition) is 3. The summed E-state index contributed by atoms with van der Waals surface area (Å²) in [5.74, 6) is -1.61. The van der Waals surface area contributed by atoms with Crippen molar-refractivity contribution in [1.29, 1.82) is 5.26 Å². The summed E-state index contributed by atoms with van der Waals surface area (Å²) in [7, 11) is 1.48. The molecule has 0 saturated carbocycles. The van der Waals surface area contributed by atoms with Crippen molar-refractivity contribution in [2.24, 2.45) is 0 Å². The zero-order valence-electron chi connectivity index (χ0n) is 9.04. The number of aliphatic hydroxyl groups is 1. The van der Waals surface area contributed by atoms with E-state index in [0.717, 1.165) is 12.1 Å². The maximum absolute atomic E-state index is 13.5. The molecule has 3 nitrogen and oxygen atoms in total. The zero-order valence-corrected chi connectivity index (χ0v) is 9.04. The average Bonchev–Trinajstić information content (AvgIpc) is 2.26. The van der Waals surface area contributed by atoms with E-state index in [1.54, 1.807) is 13.0 Å². The maximum atomic E-state index is 13.5. The lowest BCUT2D eigenvalue weighted by Crippen LogP contribution is -2.33. The first kappa shape index (κ1) is 12.4. The van der Waals surface area contributed by atoms with Gasteiger partial charge in [-0.2, -0.15) is 5.26 Å². The van der Waals surface area contributed by atoms with Crippen LogP contribution in [0.2, 0.25) is 0 Å². The maximum Gasteiger partial charge on any atom is 0.150 e. The Kier molecular flexibility index (Phi) is 3.80. The van der Waals surface area contributed by atoms with Crippen molar-refractivity contribution >= 4 is 5.69 Å². The summed E-state index contributed by atoms with van der Waals surface area (Å²) < 4.78 is 27.1. The third kappa shape index (κ3) is 2.28. The predicted molar refractivity (Wildman–Crippen MR) is 56.0 cm³/mol. The molecule has 1 unspecified atom stereocenters. The number of aliphatic hydroxyl groups excluding tert-OH is 1. The quantitative estimate of drug-likeness (QED) is 0.852. The van der Waals surface area contributed by atoms with E-state index in [-0.39, 0.29) is 17.9 Å². The van der Waals surface area contributed by atoms with Crippen molar-refractivity contribution in [3.8, 4) is 6.07 Å². The van der Waals surface area contributed by atoms with Gasteiger partial charge in [0, 0.05) is 13.1 Å². The number of rotatable bonds is 3. The Bertz CT molecular complexity index is 405. The highest BCUT2D eigenvalue weighted by molar-refractivity contribution is 5.52. The van der Waals surface area contributed by atoms with Crippen LogP contribution in [0.15, 0.2) is 12.1 Å². The summed E-state index contributed by atoms with van der Waals surface area (Å²) in [5.41, 5.74) is -0.302. The Balaban J connectivity index is 3.20. The van der Waals surface area contributed by atoms with Crippen LogP contribution >= 0.6 is 0 Å². The third-order valence-corrected chi connectivity index (χ3v) is 2.42. The summed E-state index contributed by atoms with van der Waals surface area (Å²) in [5, 5.41) is 17.4. The first-order valence-electron chi connectivity index (χ1n) is 4.74. The minimum absolute atomic E-state index is 0.0659. The normalized spacial score (nSPS) is 12.0. The fourth-order valence-corrected chi connectivity index (χ4v) is 1.31. The van der Waals surface area contributed by atoms with Crippen LogP contribution in [0.3, 0.4) is 0 Å². The van der Waals surface area contributed by atoms with Gasteiger partial charge in [-0.1, -0.05) is 0 Å². The Morgan fingerprint density at radius 3 is 2.31 bits per heavy atom. The molecular weight excluding hydrogens is 214 g/mol. The Morgan fingerprint density at radius 1 is 1.44 bits per heavy atom. The molecule has 0 fully saturated rings. The highest BCUT2D eigenvalue weighted by Crippen LogP contribution is 2.25. The van der Waals surface area contributed by atoms with Crippen molar-refractivity contribution in [3.63, 3.8) is 0 Å². The molecule has 0 spiro atoms. The van der Waals surface area contributed by atoms with Crippen LogP contribution in [-0.2, 0) is 0 Å². The highest BCUT2D eigenvalue weighted by atomic mass is 19.1. The van der Waals surface area contributed by atoms with E-state index < -0.39 is 17.7 Å². The average molecular weight is 226 g/mol. The first-order chi connectivity index (χ1) is 7.51. The summed E-state index contributed by atoms with van der Waals surface area (Å²) in [4.78, 5) is 1.30. The number of anilines is 1. The third-order valence-electron chi connectivity index (χ3n) is 2.42. The standard InChI is InChI=1S/C11H12F2N2O/c1-7(6-16)15(2)11-9(12)3-8(5-14)4-10(11)13/h3-4,7,16H,6H2,1-2H3. The molecule has 1 rings (SSSR count). The first-order valence-corrected chi connectivity index (χ1v) is 4.74. The molecule has 1 aromatic carbocycles. The molecular formula is C11H12F2N2O. The Morgan fingerprint density at radius 2 is 1.94 bits per heavy atom. The summed E-state index contributed by atoms with van der Waals surface area (Å²) in [6.45, 7) is 1.42. The molecule has 0 saturated heterocycles. The van der Waals surface area contributed by atoms with E-state index in [4.69, 9.17) is 10.4 Å². The molecule has 0 amide bonds. The minimum atomic E-state index is -0.806. The Labute approximate surface area is 92.5 Å². The molecule has 0 aliphatic rings. The van der Waals surface area contributed by atoms with Crippen molar-refractivity contribution < 1.29 is 13.9 Å². The molecule has 0 aliphatic carbocycles. The highest BCUT2D eigenvalue weighted by Gasteiger charge is 2.18. The SMILES string of the molecule is CC(CO)N(C)c1c(F)cc(C#N)cc1F. The fraction of sp³-hybridized carbons (Fsp3) is 0.364. The van der Waals surface area contributed by atoms with Crippen molar-refractivity contribution in [2.75, 3.05) is 18.6 Å². The fourth-order valence-electron chi connectivity index (χ4n) is 1.31. The molecule has 1 atom stereocenters. The van der Waals surface area contributed by atoms with Crippen LogP contribution < -0.4 is 4.90 Å². The second-order valence-corrected chi connectivity index (χ2v) is 3.54. The topological polar surface area (TPSA) is 47.3 Å². The van der Waals surface area contributed by atoms with E-state index >= 15 is 0 Å². The molecule has 16 heavy (non-hydrogen) atoms. The zero-order chi connectivity index (χ0) is 12.3. The van der Waals surface area contributed by atoms with Gasteiger partial charge in [-0.05, 0) is 19.1 Å². The van der Waals surface area contributed by atoms with Crippen molar-refractivity contribution in [2.45, 2.75) is 13.0 Å². The van der Waals surface area contributed by atoms with Gasteiger partial charge in [0.1, 0.15) is 5.69 Å².